The summed E-state index contributed by atoms with van der Waals surface area (Å²) in [6.07, 6.45) is 1.60. The first-order chi connectivity index (χ1) is 11.8. The van der Waals surface area contributed by atoms with Crippen LogP contribution in [0, 0.1) is 6.92 Å². The van der Waals surface area contributed by atoms with Gasteiger partial charge >= 0.3 is 0 Å². The lowest BCUT2D eigenvalue weighted by Gasteiger charge is -2.10. The summed E-state index contributed by atoms with van der Waals surface area (Å²) >= 11 is 0. The van der Waals surface area contributed by atoms with E-state index >= 15 is 0 Å². The van der Waals surface area contributed by atoms with E-state index in [9.17, 15) is 4.79 Å². The second-order valence-corrected chi connectivity index (χ2v) is 7.08. The zero-order valence-electron chi connectivity index (χ0n) is 14.9. The van der Waals surface area contributed by atoms with Gasteiger partial charge in [0.2, 0.25) is 11.8 Å². The smallest absolute Gasteiger partial charge is 0.226 e. The molecule has 2 heterocycles. The number of anilines is 1. The largest absolute Gasteiger partial charge is 0.441 e. The molecule has 0 atom stereocenters. The number of fused-ring (bicyclic) bond motifs is 1. The zero-order valence-corrected chi connectivity index (χ0v) is 14.9. The number of aromatic nitrogens is 3. The molecule has 3 aromatic rings. The number of rotatable bonds is 5. The van der Waals surface area contributed by atoms with Gasteiger partial charge in [0.25, 0.3) is 0 Å². The van der Waals surface area contributed by atoms with Crippen molar-refractivity contribution >= 4 is 22.7 Å². The predicted molar refractivity (Wildman–Crippen MR) is 93.3 cm³/mol. The zero-order chi connectivity index (χ0) is 18.0. The number of benzene rings is 1. The molecule has 1 aromatic carbocycles. The van der Waals surface area contributed by atoms with E-state index in [1.54, 1.807) is 13.0 Å². The highest BCUT2D eigenvalue weighted by Gasteiger charge is 2.20. The average Bonchev–Trinajstić information content (AvgIpc) is 3.12. The number of hydrogen-bond acceptors (Lipinski definition) is 6. The van der Waals surface area contributed by atoms with Gasteiger partial charge in [0.15, 0.2) is 17.3 Å². The van der Waals surface area contributed by atoms with E-state index in [4.69, 9.17) is 8.94 Å². The van der Waals surface area contributed by atoms with Crippen molar-refractivity contribution in [3.8, 4) is 0 Å². The number of aryl methyl sites for hydroxylation is 2. The predicted octanol–water partition coefficient (Wildman–Crippen LogP) is 3.78. The minimum absolute atomic E-state index is 0.0638. The molecule has 0 aliphatic heterocycles. The number of oxazole rings is 1. The number of carbonyl (C=O) groups excluding carboxylic acids is 1. The third kappa shape index (κ3) is 4.23. The first kappa shape index (κ1) is 17.1. The van der Waals surface area contributed by atoms with Crippen molar-refractivity contribution in [2.75, 3.05) is 5.32 Å². The quantitative estimate of drug-likeness (QED) is 0.758. The minimum Gasteiger partial charge on any atom is -0.441 e. The summed E-state index contributed by atoms with van der Waals surface area (Å²) in [6, 6.07) is 5.42. The normalized spacial score (nSPS) is 11.8. The van der Waals surface area contributed by atoms with E-state index in [2.05, 4.69) is 20.4 Å². The Morgan fingerprint density at radius 1 is 1.24 bits per heavy atom. The second-order valence-electron chi connectivity index (χ2n) is 7.08. The maximum absolute atomic E-state index is 12.1. The van der Waals surface area contributed by atoms with Crippen LogP contribution in [0.3, 0.4) is 0 Å². The van der Waals surface area contributed by atoms with Crippen LogP contribution in [0.25, 0.3) is 11.1 Å². The molecule has 3 rings (SSSR count). The van der Waals surface area contributed by atoms with Gasteiger partial charge in [-0.05, 0) is 18.6 Å². The molecule has 0 saturated heterocycles. The second kappa shape index (κ2) is 6.66. The van der Waals surface area contributed by atoms with E-state index in [-0.39, 0.29) is 11.3 Å². The van der Waals surface area contributed by atoms with Crippen LogP contribution in [0.15, 0.2) is 27.1 Å². The molecule has 0 unspecified atom stereocenters. The summed E-state index contributed by atoms with van der Waals surface area (Å²) in [5, 5.41) is 6.85. The van der Waals surface area contributed by atoms with Crippen LogP contribution >= 0.6 is 0 Å². The molecule has 25 heavy (non-hydrogen) atoms. The van der Waals surface area contributed by atoms with Crippen LogP contribution in [0.5, 0.6) is 0 Å². The van der Waals surface area contributed by atoms with Crippen LogP contribution < -0.4 is 5.32 Å². The van der Waals surface area contributed by atoms with Crippen LogP contribution in [-0.4, -0.2) is 21.0 Å². The lowest BCUT2D eigenvalue weighted by molar-refractivity contribution is -0.116. The summed E-state index contributed by atoms with van der Waals surface area (Å²) < 4.78 is 10.7. The Morgan fingerprint density at radius 3 is 2.76 bits per heavy atom. The highest BCUT2D eigenvalue weighted by atomic mass is 16.5. The molecule has 0 radical (unpaired) electrons. The Kier molecular flexibility index (Phi) is 4.57. The Labute approximate surface area is 145 Å². The van der Waals surface area contributed by atoms with Crippen molar-refractivity contribution in [1.82, 2.24) is 15.1 Å². The summed E-state index contributed by atoms with van der Waals surface area (Å²) in [5.74, 6) is 1.79. The van der Waals surface area contributed by atoms with E-state index in [0.29, 0.717) is 48.1 Å². The number of hydrogen-bond donors (Lipinski definition) is 1. The first-order valence-electron chi connectivity index (χ1n) is 8.31. The molecule has 0 aliphatic carbocycles. The van der Waals surface area contributed by atoms with Gasteiger partial charge in [-0.1, -0.05) is 25.9 Å². The molecule has 0 saturated carbocycles. The molecule has 0 aliphatic rings. The highest BCUT2D eigenvalue weighted by molar-refractivity contribution is 5.92. The maximum Gasteiger partial charge on any atom is 0.226 e. The lowest BCUT2D eigenvalue weighted by atomic mass is 9.96. The topological polar surface area (TPSA) is 94.1 Å². The summed E-state index contributed by atoms with van der Waals surface area (Å²) in [6.45, 7) is 7.88. The van der Waals surface area contributed by atoms with Gasteiger partial charge in [-0.25, -0.2) is 4.98 Å². The molecule has 7 nitrogen and oxygen atoms in total. The van der Waals surface area contributed by atoms with Crippen molar-refractivity contribution in [3.05, 3.63) is 35.8 Å². The molecule has 1 N–H and O–H groups in total. The van der Waals surface area contributed by atoms with Crippen molar-refractivity contribution < 1.29 is 13.7 Å². The molecule has 2 aromatic heterocycles. The van der Waals surface area contributed by atoms with Crippen LogP contribution in [-0.2, 0) is 16.6 Å². The standard InChI is InChI=1S/C18H22N4O3/c1-11-19-13-9-8-12(10-14(13)24-11)20-15(23)6-5-7-16-21-17(22-25-16)18(2,3)4/h8-10H,5-7H2,1-4H3,(H,20,23). The Balaban J connectivity index is 1.51. The van der Waals surface area contributed by atoms with Crippen molar-refractivity contribution in [1.29, 1.82) is 0 Å². The average molecular weight is 342 g/mol. The highest BCUT2D eigenvalue weighted by Crippen LogP contribution is 2.21. The molecule has 0 spiro atoms. The molecule has 1 amide bonds. The number of nitrogens with zero attached hydrogens (tertiary/aromatic N) is 3. The minimum atomic E-state index is -0.142. The van der Waals surface area contributed by atoms with Crippen molar-refractivity contribution in [2.24, 2.45) is 0 Å². The lowest BCUT2D eigenvalue weighted by Crippen LogP contribution is -2.13. The van der Waals surface area contributed by atoms with Gasteiger partial charge in [-0.2, -0.15) is 4.98 Å². The van der Waals surface area contributed by atoms with Gasteiger partial charge < -0.3 is 14.3 Å². The number of carbonyl (C=O) groups is 1. The van der Waals surface area contributed by atoms with Gasteiger partial charge in [0.1, 0.15) is 5.52 Å². The fourth-order valence-electron chi connectivity index (χ4n) is 2.40. The van der Waals surface area contributed by atoms with Gasteiger partial charge in [-0.3, -0.25) is 4.79 Å². The SMILES string of the molecule is Cc1nc2ccc(NC(=O)CCCc3nc(C(C)(C)C)no3)cc2o1. The Bertz CT molecular complexity index is 889. The van der Waals surface area contributed by atoms with Gasteiger partial charge in [0.05, 0.1) is 0 Å². The Hall–Kier alpha value is -2.70. The monoisotopic (exact) mass is 342 g/mol. The molecule has 0 bridgehead atoms. The molecule has 132 valence electrons. The van der Waals surface area contributed by atoms with Gasteiger partial charge in [0, 0.05) is 36.9 Å². The number of nitrogens with one attached hydrogen (secondary N) is 1. The Morgan fingerprint density at radius 2 is 2.04 bits per heavy atom. The first-order valence-corrected chi connectivity index (χ1v) is 8.31. The van der Waals surface area contributed by atoms with Gasteiger partial charge in [-0.15, -0.1) is 0 Å². The summed E-state index contributed by atoms with van der Waals surface area (Å²) in [4.78, 5) is 20.7. The third-order valence-corrected chi connectivity index (χ3v) is 3.71. The van der Waals surface area contributed by atoms with Crippen LogP contribution in [0.2, 0.25) is 0 Å². The third-order valence-electron chi connectivity index (χ3n) is 3.71. The van der Waals surface area contributed by atoms with E-state index in [1.165, 1.54) is 0 Å². The molecule has 7 heteroatoms. The van der Waals surface area contributed by atoms with E-state index < -0.39 is 0 Å². The van der Waals surface area contributed by atoms with E-state index in [0.717, 1.165) is 5.52 Å². The van der Waals surface area contributed by atoms with Crippen molar-refractivity contribution in [2.45, 2.75) is 52.4 Å². The van der Waals surface area contributed by atoms with Crippen molar-refractivity contribution in [3.63, 3.8) is 0 Å². The molecular formula is C18H22N4O3. The number of amides is 1. The summed E-state index contributed by atoms with van der Waals surface area (Å²) in [5.41, 5.74) is 2.00. The fourth-order valence-corrected chi connectivity index (χ4v) is 2.40. The fraction of sp³-hybridized carbons (Fsp3) is 0.444. The maximum atomic E-state index is 12.1. The summed E-state index contributed by atoms with van der Waals surface area (Å²) in [7, 11) is 0. The van der Waals surface area contributed by atoms with Crippen LogP contribution in [0.1, 0.15) is 51.2 Å². The van der Waals surface area contributed by atoms with E-state index in [1.807, 2.05) is 32.9 Å². The molecule has 0 fully saturated rings. The van der Waals surface area contributed by atoms with Crippen LogP contribution in [0.4, 0.5) is 5.69 Å². The molecular weight excluding hydrogens is 320 g/mol.